The molecule has 0 atom stereocenters. The van der Waals surface area contributed by atoms with E-state index < -0.39 is 0 Å². The molecular formula is C17H17BrN4O. The van der Waals surface area contributed by atoms with Crippen molar-refractivity contribution in [2.24, 2.45) is 5.92 Å². The smallest absolute Gasteiger partial charge is 0.136 e. The molecule has 0 N–H and O–H groups in total. The highest BCUT2D eigenvalue weighted by atomic mass is 79.9. The fourth-order valence-electron chi connectivity index (χ4n) is 2.61. The molecule has 0 amide bonds. The Kier molecular flexibility index (Phi) is 3.77. The van der Waals surface area contributed by atoms with E-state index in [0.29, 0.717) is 6.61 Å². The minimum absolute atomic E-state index is 0.433. The number of benzene rings is 1. The maximum Gasteiger partial charge on any atom is 0.136 e. The molecule has 1 aliphatic rings. The van der Waals surface area contributed by atoms with Gasteiger partial charge in [-0.1, -0.05) is 11.3 Å². The average molecular weight is 373 g/mol. The first-order chi connectivity index (χ1) is 11.2. The lowest BCUT2D eigenvalue weighted by atomic mass is 10.3. The molecule has 118 valence electrons. The normalized spacial score (nSPS) is 14.3. The molecule has 0 saturated heterocycles. The van der Waals surface area contributed by atoms with E-state index in [1.807, 2.05) is 41.9 Å². The number of hydrogen-bond donors (Lipinski definition) is 0. The molecule has 0 unspecified atom stereocenters. The van der Waals surface area contributed by atoms with Crippen molar-refractivity contribution in [3.8, 4) is 5.75 Å². The highest BCUT2D eigenvalue weighted by Crippen LogP contribution is 2.35. The largest absolute Gasteiger partial charge is 0.486 e. The molecule has 23 heavy (non-hydrogen) atoms. The Bertz CT molecular complexity index is 857. The minimum atomic E-state index is 0.433. The van der Waals surface area contributed by atoms with E-state index in [1.54, 1.807) is 0 Å². The van der Waals surface area contributed by atoms with Crippen molar-refractivity contribution in [1.29, 1.82) is 0 Å². The predicted octanol–water partition coefficient (Wildman–Crippen LogP) is 3.89. The van der Waals surface area contributed by atoms with E-state index in [1.165, 1.54) is 12.8 Å². The third-order valence-corrected chi connectivity index (χ3v) is 4.81. The number of aryl methyl sites for hydroxylation is 1. The standard InChI is InChI=1S/C17H17BrN4O/c1-11-3-2-4-13(19-11)10-23-15-8-7-14-17(16(15)18)20-21-22(14)9-12-5-6-12/h2-4,7-8,12H,5-6,9-10H2,1H3. The number of nitrogens with zero attached hydrogens (tertiary/aromatic N) is 4. The van der Waals surface area contributed by atoms with Crippen LogP contribution in [0.15, 0.2) is 34.8 Å². The van der Waals surface area contributed by atoms with Crippen LogP contribution in [-0.2, 0) is 13.2 Å². The van der Waals surface area contributed by atoms with E-state index in [0.717, 1.165) is 45.1 Å². The molecule has 0 radical (unpaired) electrons. The number of halogens is 1. The summed E-state index contributed by atoms with van der Waals surface area (Å²) in [4.78, 5) is 4.45. The van der Waals surface area contributed by atoms with Crippen molar-refractivity contribution >= 4 is 27.0 Å². The molecule has 3 aromatic rings. The number of hydrogen-bond acceptors (Lipinski definition) is 4. The Morgan fingerprint density at radius 1 is 1.26 bits per heavy atom. The van der Waals surface area contributed by atoms with Crippen molar-refractivity contribution in [3.63, 3.8) is 0 Å². The summed E-state index contributed by atoms with van der Waals surface area (Å²) in [6.45, 7) is 3.36. The van der Waals surface area contributed by atoms with Gasteiger partial charge in [-0.15, -0.1) is 5.10 Å². The molecule has 1 aromatic carbocycles. The van der Waals surface area contributed by atoms with Gasteiger partial charge in [0.2, 0.25) is 0 Å². The van der Waals surface area contributed by atoms with Gasteiger partial charge in [0.15, 0.2) is 0 Å². The summed E-state index contributed by atoms with van der Waals surface area (Å²) in [6, 6.07) is 9.92. The van der Waals surface area contributed by atoms with Crippen molar-refractivity contribution < 1.29 is 4.74 Å². The van der Waals surface area contributed by atoms with Gasteiger partial charge in [-0.25, -0.2) is 4.68 Å². The summed E-state index contributed by atoms with van der Waals surface area (Å²) in [6.07, 6.45) is 2.60. The zero-order valence-corrected chi connectivity index (χ0v) is 14.5. The lowest BCUT2D eigenvalue weighted by molar-refractivity contribution is 0.299. The maximum absolute atomic E-state index is 5.90. The van der Waals surface area contributed by atoms with Crippen molar-refractivity contribution in [2.75, 3.05) is 0 Å². The minimum Gasteiger partial charge on any atom is -0.486 e. The number of rotatable bonds is 5. The highest BCUT2D eigenvalue weighted by Gasteiger charge is 2.23. The zero-order chi connectivity index (χ0) is 15.8. The number of ether oxygens (including phenoxy) is 1. The van der Waals surface area contributed by atoms with Crippen LogP contribution >= 0.6 is 15.9 Å². The van der Waals surface area contributed by atoms with Crippen LogP contribution in [-0.4, -0.2) is 20.0 Å². The SMILES string of the molecule is Cc1cccc(COc2ccc3c(nnn3CC3CC3)c2Br)n1. The molecule has 4 rings (SSSR count). The fraction of sp³-hybridized carbons (Fsp3) is 0.353. The second kappa shape index (κ2) is 5.92. The molecule has 0 spiro atoms. The Labute approximate surface area is 142 Å². The molecule has 0 aliphatic heterocycles. The van der Waals surface area contributed by atoms with E-state index in [9.17, 15) is 0 Å². The van der Waals surface area contributed by atoms with Crippen LogP contribution in [0.1, 0.15) is 24.2 Å². The van der Waals surface area contributed by atoms with Crippen molar-refractivity contribution in [2.45, 2.75) is 32.9 Å². The number of fused-ring (bicyclic) bond motifs is 1. The quantitative estimate of drug-likeness (QED) is 0.681. The summed E-state index contributed by atoms with van der Waals surface area (Å²) in [5.41, 5.74) is 3.79. The lowest BCUT2D eigenvalue weighted by Gasteiger charge is -2.09. The first-order valence-electron chi connectivity index (χ1n) is 7.78. The summed E-state index contributed by atoms with van der Waals surface area (Å²) >= 11 is 3.60. The van der Waals surface area contributed by atoms with Crippen LogP contribution in [0, 0.1) is 12.8 Å². The monoisotopic (exact) mass is 372 g/mol. The summed E-state index contributed by atoms with van der Waals surface area (Å²) < 4.78 is 8.74. The summed E-state index contributed by atoms with van der Waals surface area (Å²) in [5.74, 6) is 1.53. The van der Waals surface area contributed by atoms with Crippen LogP contribution in [0.4, 0.5) is 0 Å². The van der Waals surface area contributed by atoms with E-state index in [2.05, 4.69) is 31.2 Å². The van der Waals surface area contributed by atoms with Crippen LogP contribution < -0.4 is 4.74 Å². The van der Waals surface area contributed by atoms with Crippen LogP contribution in [0.2, 0.25) is 0 Å². The van der Waals surface area contributed by atoms with Gasteiger partial charge in [-0.05, 0) is 65.9 Å². The Morgan fingerprint density at radius 2 is 2.13 bits per heavy atom. The fourth-order valence-corrected chi connectivity index (χ4v) is 3.14. The third-order valence-electron chi connectivity index (χ3n) is 4.04. The molecule has 1 aliphatic carbocycles. The summed E-state index contributed by atoms with van der Waals surface area (Å²) in [7, 11) is 0. The molecule has 1 fully saturated rings. The molecule has 2 heterocycles. The zero-order valence-electron chi connectivity index (χ0n) is 12.9. The molecule has 0 bridgehead atoms. The topological polar surface area (TPSA) is 52.8 Å². The highest BCUT2D eigenvalue weighted by molar-refractivity contribution is 9.10. The van der Waals surface area contributed by atoms with Gasteiger partial charge in [0.25, 0.3) is 0 Å². The third kappa shape index (κ3) is 3.08. The van der Waals surface area contributed by atoms with E-state index >= 15 is 0 Å². The Morgan fingerprint density at radius 3 is 2.91 bits per heavy atom. The summed E-state index contributed by atoms with van der Waals surface area (Å²) in [5, 5.41) is 8.58. The molecule has 2 aromatic heterocycles. The predicted molar refractivity (Wildman–Crippen MR) is 91.3 cm³/mol. The van der Waals surface area contributed by atoms with Gasteiger partial charge in [-0.2, -0.15) is 0 Å². The lowest BCUT2D eigenvalue weighted by Crippen LogP contribution is -2.02. The van der Waals surface area contributed by atoms with Gasteiger partial charge in [0.1, 0.15) is 17.9 Å². The van der Waals surface area contributed by atoms with Crippen LogP contribution in [0.3, 0.4) is 0 Å². The number of aromatic nitrogens is 4. The number of pyridine rings is 1. The average Bonchev–Trinajstić information content (AvgIpc) is 3.26. The molecule has 5 nitrogen and oxygen atoms in total. The maximum atomic E-state index is 5.90. The van der Waals surface area contributed by atoms with Crippen molar-refractivity contribution in [3.05, 3.63) is 46.2 Å². The Hall–Kier alpha value is -1.95. The van der Waals surface area contributed by atoms with Crippen molar-refractivity contribution in [1.82, 2.24) is 20.0 Å². The second-order valence-electron chi connectivity index (χ2n) is 6.02. The van der Waals surface area contributed by atoms with Gasteiger partial charge in [0.05, 0.1) is 15.7 Å². The molecule has 1 saturated carbocycles. The van der Waals surface area contributed by atoms with Crippen LogP contribution in [0.25, 0.3) is 11.0 Å². The molecule has 6 heteroatoms. The second-order valence-corrected chi connectivity index (χ2v) is 6.81. The van der Waals surface area contributed by atoms with Gasteiger partial charge in [0, 0.05) is 12.2 Å². The van der Waals surface area contributed by atoms with E-state index in [4.69, 9.17) is 4.74 Å². The first-order valence-corrected chi connectivity index (χ1v) is 8.57. The Balaban J connectivity index is 1.56. The van der Waals surface area contributed by atoms with Gasteiger partial charge < -0.3 is 4.74 Å². The van der Waals surface area contributed by atoms with Gasteiger partial charge >= 0.3 is 0 Å². The van der Waals surface area contributed by atoms with Gasteiger partial charge in [-0.3, -0.25) is 4.98 Å². The molecular weight excluding hydrogens is 356 g/mol. The van der Waals surface area contributed by atoms with Crippen LogP contribution in [0.5, 0.6) is 5.75 Å². The van der Waals surface area contributed by atoms with E-state index in [-0.39, 0.29) is 0 Å². The first kappa shape index (κ1) is 14.6.